The van der Waals surface area contributed by atoms with E-state index in [1.54, 1.807) is 30.3 Å². The van der Waals surface area contributed by atoms with Crippen LogP contribution in [0.25, 0.3) is 0 Å². The van der Waals surface area contributed by atoms with Crippen LogP contribution in [0, 0.1) is 10.1 Å². The van der Waals surface area contributed by atoms with Crippen molar-refractivity contribution >= 4 is 27.3 Å². The minimum atomic E-state index is -3.86. The zero-order chi connectivity index (χ0) is 21.7. The first-order chi connectivity index (χ1) is 14.3. The normalized spacial score (nSPS) is 12.4. The number of sulfonamides is 1. The van der Waals surface area contributed by atoms with Crippen molar-refractivity contribution in [1.82, 2.24) is 9.29 Å². The van der Waals surface area contributed by atoms with Gasteiger partial charge in [0.15, 0.2) is 0 Å². The van der Waals surface area contributed by atoms with Crippen molar-refractivity contribution in [1.29, 1.82) is 0 Å². The molecule has 0 fully saturated rings. The van der Waals surface area contributed by atoms with Gasteiger partial charge in [-0.2, -0.15) is 0 Å². The van der Waals surface area contributed by atoms with Gasteiger partial charge >= 0.3 is 0 Å². The number of hydrogen-bond donors (Lipinski definition) is 1. The molecule has 0 aliphatic carbocycles. The predicted molar refractivity (Wildman–Crippen MR) is 113 cm³/mol. The molecule has 1 N–H and O–H groups in total. The molecule has 0 radical (unpaired) electrons. The van der Waals surface area contributed by atoms with Gasteiger partial charge < -0.3 is 4.57 Å². The third-order valence-electron chi connectivity index (χ3n) is 4.46. The zero-order valence-corrected chi connectivity index (χ0v) is 17.2. The third kappa shape index (κ3) is 5.32. The van der Waals surface area contributed by atoms with Crippen LogP contribution < -0.4 is 10.3 Å². The molecule has 1 aromatic heterocycles. The van der Waals surface area contributed by atoms with Crippen molar-refractivity contribution < 1.29 is 13.3 Å². The molecule has 1 unspecified atom stereocenters. The summed E-state index contributed by atoms with van der Waals surface area (Å²) in [6, 6.07) is 16.3. The number of halogens is 1. The highest BCUT2D eigenvalue weighted by Crippen LogP contribution is 2.22. The van der Waals surface area contributed by atoms with Gasteiger partial charge in [-0.05, 0) is 36.2 Å². The standard InChI is InChI=1S/C20H18ClN3O5S/c21-16-6-9-18(10-7-16)30(28,29)22-19(15-4-2-1-3-5-15)12-13-23-14-17(24(26)27)8-11-20(23)25/h1-11,14,19,22H,12-13H2. The summed E-state index contributed by atoms with van der Waals surface area (Å²) in [5.41, 5.74) is 0.0779. The molecule has 3 aromatic rings. The van der Waals surface area contributed by atoms with E-state index in [0.717, 1.165) is 18.3 Å². The largest absolute Gasteiger partial charge is 0.309 e. The topological polar surface area (TPSA) is 111 Å². The summed E-state index contributed by atoms with van der Waals surface area (Å²) >= 11 is 5.84. The number of rotatable bonds is 8. The molecule has 3 rings (SSSR count). The zero-order valence-electron chi connectivity index (χ0n) is 15.6. The lowest BCUT2D eigenvalue weighted by atomic mass is 10.1. The van der Waals surface area contributed by atoms with Gasteiger partial charge in [-0.1, -0.05) is 41.9 Å². The Balaban J connectivity index is 1.87. The van der Waals surface area contributed by atoms with Gasteiger partial charge in [0, 0.05) is 29.7 Å². The third-order valence-corrected chi connectivity index (χ3v) is 6.20. The second-order valence-electron chi connectivity index (χ2n) is 6.50. The fourth-order valence-electron chi connectivity index (χ4n) is 2.92. The maximum absolute atomic E-state index is 12.8. The van der Waals surface area contributed by atoms with E-state index >= 15 is 0 Å². The molecule has 0 saturated carbocycles. The van der Waals surface area contributed by atoms with Crippen LogP contribution in [0.15, 0.2) is 82.6 Å². The Bertz CT molecular complexity index is 1200. The Morgan fingerprint density at radius 3 is 2.33 bits per heavy atom. The lowest BCUT2D eigenvalue weighted by molar-refractivity contribution is -0.385. The average molecular weight is 448 g/mol. The van der Waals surface area contributed by atoms with Crippen molar-refractivity contribution in [2.45, 2.75) is 23.9 Å². The van der Waals surface area contributed by atoms with Gasteiger partial charge in [-0.3, -0.25) is 14.9 Å². The summed E-state index contributed by atoms with van der Waals surface area (Å²) in [6.07, 6.45) is 1.36. The number of hydrogen-bond acceptors (Lipinski definition) is 5. The SMILES string of the molecule is O=c1ccc([N+](=O)[O-])cn1CCC(NS(=O)(=O)c1ccc(Cl)cc1)c1ccccc1. The molecule has 0 saturated heterocycles. The van der Waals surface area contributed by atoms with E-state index in [1.165, 1.54) is 28.8 Å². The van der Waals surface area contributed by atoms with Gasteiger partial charge in [-0.15, -0.1) is 0 Å². The number of pyridine rings is 1. The summed E-state index contributed by atoms with van der Waals surface area (Å²) < 4.78 is 29.5. The Hall–Kier alpha value is -3.01. The van der Waals surface area contributed by atoms with E-state index in [1.807, 2.05) is 0 Å². The molecule has 156 valence electrons. The van der Waals surface area contributed by atoms with E-state index < -0.39 is 26.5 Å². The summed E-state index contributed by atoms with van der Waals surface area (Å²) in [5.74, 6) is 0. The van der Waals surface area contributed by atoms with Crippen molar-refractivity contribution in [3.05, 3.63) is 104 Å². The van der Waals surface area contributed by atoms with Crippen LogP contribution in [0.2, 0.25) is 5.02 Å². The predicted octanol–water partition coefficient (Wildman–Crippen LogP) is 3.52. The maximum Gasteiger partial charge on any atom is 0.285 e. The number of aryl methyl sites for hydroxylation is 1. The molecule has 0 amide bonds. The maximum atomic E-state index is 12.8. The minimum Gasteiger partial charge on any atom is -0.309 e. The van der Waals surface area contributed by atoms with E-state index in [-0.39, 0.29) is 23.5 Å². The molecule has 30 heavy (non-hydrogen) atoms. The Labute approximate surface area is 177 Å². The average Bonchev–Trinajstić information content (AvgIpc) is 2.73. The molecule has 1 atom stereocenters. The molecular formula is C20H18ClN3O5S. The van der Waals surface area contributed by atoms with Gasteiger partial charge in [0.1, 0.15) is 0 Å². The van der Waals surface area contributed by atoms with E-state index in [9.17, 15) is 23.3 Å². The second-order valence-corrected chi connectivity index (χ2v) is 8.65. The van der Waals surface area contributed by atoms with E-state index in [2.05, 4.69) is 4.72 Å². The first-order valence-electron chi connectivity index (χ1n) is 8.94. The van der Waals surface area contributed by atoms with Gasteiger partial charge in [0.05, 0.1) is 16.0 Å². The second kappa shape index (κ2) is 9.21. The van der Waals surface area contributed by atoms with Crippen LogP contribution in [0.4, 0.5) is 5.69 Å². The molecule has 0 bridgehead atoms. The molecule has 0 aliphatic heterocycles. The highest BCUT2D eigenvalue weighted by Gasteiger charge is 2.22. The molecule has 8 nitrogen and oxygen atoms in total. The molecular weight excluding hydrogens is 430 g/mol. The number of benzene rings is 2. The summed E-state index contributed by atoms with van der Waals surface area (Å²) in [5, 5.41) is 11.4. The monoisotopic (exact) mass is 447 g/mol. The lowest BCUT2D eigenvalue weighted by Gasteiger charge is -2.20. The van der Waals surface area contributed by atoms with E-state index in [0.29, 0.717) is 10.6 Å². The van der Waals surface area contributed by atoms with Crippen molar-refractivity contribution in [3.8, 4) is 0 Å². The number of nitrogens with one attached hydrogen (secondary N) is 1. The van der Waals surface area contributed by atoms with Gasteiger partial charge in [0.25, 0.3) is 11.2 Å². The van der Waals surface area contributed by atoms with Crippen LogP contribution >= 0.6 is 11.6 Å². The number of aromatic nitrogens is 1. The quantitative estimate of drug-likeness (QED) is 0.419. The highest BCUT2D eigenvalue weighted by molar-refractivity contribution is 7.89. The fourth-order valence-corrected chi connectivity index (χ4v) is 4.30. The van der Waals surface area contributed by atoms with Crippen molar-refractivity contribution in [3.63, 3.8) is 0 Å². The smallest absolute Gasteiger partial charge is 0.285 e. The molecule has 0 spiro atoms. The van der Waals surface area contributed by atoms with Crippen LogP contribution in [0.1, 0.15) is 18.0 Å². The fraction of sp³-hybridized carbons (Fsp3) is 0.150. The Morgan fingerprint density at radius 2 is 1.70 bits per heavy atom. The van der Waals surface area contributed by atoms with Crippen LogP contribution in [-0.2, 0) is 16.6 Å². The molecule has 1 heterocycles. The first-order valence-corrected chi connectivity index (χ1v) is 10.8. The van der Waals surface area contributed by atoms with Crippen LogP contribution in [0.3, 0.4) is 0 Å². The lowest BCUT2D eigenvalue weighted by Crippen LogP contribution is -2.30. The molecule has 2 aromatic carbocycles. The molecule has 10 heteroatoms. The van der Waals surface area contributed by atoms with Crippen LogP contribution in [0.5, 0.6) is 0 Å². The van der Waals surface area contributed by atoms with Gasteiger partial charge in [0.2, 0.25) is 10.0 Å². The molecule has 0 aliphatic rings. The number of nitro groups is 1. The van der Waals surface area contributed by atoms with Crippen molar-refractivity contribution in [2.75, 3.05) is 0 Å². The van der Waals surface area contributed by atoms with E-state index in [4.69, 9.17) is 11.6 Å². The minimum absolute atomic E-state index is 0.0559. The highest BCUT2D eigenvalue weighted by atomic mass is 35.5. The summed E-state index contributed by atoms with van der Waals surface area (Å²) in [6.45, 7) is 0.0865. The van der Waals surface area contributed by atoms with Crippen molar-refractivity contribution in [2.24, 2.45) is 0 Å². The number of nitrogens with zero attached hydrogens (tertiary/aromatic N) is 2. The Morgan fingerprint density at radius 1 is 1.03 bits per heavy atom. The summed E-state index contributed by atoms with van der Waals surface area (Å²) in [7, 11) is -3.86. The Kier molecular flexibility index (Phi) is 6.66. The van der Waals surface area contributed by atoms with Gasteiger partial charge in [-0.25, -0.2) is 13.1 Å². The van der Waals surface area contributed by atoms with Crippen LogP contribution in [-0.4, -0.2) is 17.9 Å². The first kappa shape index (κ1) is 21.7. The summed E-state index contributed by atoms with van der Waals surface area (Å²) in [4.78, 5) is 22.5.